The molecule has 0 saturated carbocycles. The van der Waals surface area contributed by atoms with E-state index in [-0.39, 0.29) is 17.9 Å². The van der Waals surface area contributed by atoms with Gasteiger partial charge in [-0.05, 0) is 17.2 Å². The maximum absolute atomic E-state index is 12.7. The van der Waals surface area contributed by atoms with Gasteiger partial charge in [-0.25, -0.2) is 4.79 Å². The number of carbonyl (C=O) groups is 1. The van der Waals surface area contributed by atoms with E-state index in [1.54, 1.807) is 0 Å². The number of hydrogen-bond donors (Lipinski definition) is 1. The minimum absolute atomic E-state index is 0.131. The average molecular weight is 335 g/mol. The predicted octanol–water partition coefficient (Wildman–Crippen LogP) is 3.17. The number of hydrogen-bond acceptors (Lipinski definition) is 3. The predicted molar refractivity (Wildman–Crippen MR) is 94.0 cm³/mol. The summed E-state index contributed by atoms with van der Waals surface area (Å²) >= 11 is 0. The summed E-state index contributed by atoms with van der Waals surface area (Å²) in [7, 11) is 0. The normalized spacial score (nSPS) is 10.4. The monoisotopic (exact) mass is 335 g/mol. The molecule has 0 saturated heterocycles. The molecule has 2 aromatic carbocycles. The Morgan fingerprint density at radius 3 is 2.12 bits per heavy atom. The van der Waals surface area contributed by atoms with Crippen molar-refractivity contribution < 1.29 is 14.6 Å². The number of aromatic nitrogens is 1. The lowest BCUT2D eigenvalue weighted by atomic mass is 10.2. The van der Waals surface area contributed by atoms with Crippen LogP contribution in [-0.4, -0.2) is 15.6 Å². The van der Waals surface area contributed by atoms with Crippen LogP contribution in [0.4, 0.5) is 0 Å². The first kappa shape index (κ1) is 16.5. The molecule has 0 amide bonds. The van der Waals surface area contributed by atoms with Gasteiger partial charge in [-0.15, -0.1) is 0 Å². The summed E-state index contributed by atoms with van der Waals surface area (Å²) in [4.78, 5) is 24.1. The molecule has 3 aromatic rings. The lowest BCUT2D eigenvalue weighted by molar-refractivity contribution is 0.0691. The molecule has 5 nitrogen and oxygen atoms in total. The van der Waals surface area contributed by atoms with E-state index >= 15 is 0 Å². The van der Waals surface area contributed by atoms with Crippen LogP contribution in [-0.2, 0) is 13.2 Å². The molecule has 0 radical (unpaired) electrons. The Kier molecular flexibility index (Phi) is 4.95. The zero-order chi connectivity index (χ0) is 17.6. The molecule has 3 rings (SSSR count). The highest BCUT2D eigenvalue weighted by Gasteiger charge is 2.17. The second-order valence-electron chi connectivity index (χ2n) is 5.56. The van der Waals surface area contributed by atoms with Gasteiger partial charge in [0.15, 0.2) is 5.75 Å². The number of rotatable bonds is 6. The summed E-state index contributed by atoms with van der Waals surface area (Å²) in [5.74, 6) is -1.33. The number of nitrogens with zero attached hydrogens (tertiary/aromatic N) is 1. The lowest BCUT2D eigenvalue weighted by Gasteiger charge is -2.12. The van der Waals surface area contributed by atoms with Crippen LogP contribution in [0.1, 0.15) is 21.5 Å². The van der Waals surface area contributed by atoms with Crippen molar-refractivity contribution in [2.24, 2.45) is 0 Å². The van der Waals surface area contributed by atoms with E-state index in [1.807, 2.05) is 60.7 Å². The van der Waals surface area contributed by atoms with Gasteiger partial charge >= 0.3 is 5.97 Å². The van der Waals surface area contributed by atoms with Crippen molar-refractivity contribution in [1.82, 2.24) is 4.57 Å². The summed E-state index contributed by atoms with van der Waals surface area (Å²) in [5, 5.41) is 9.34. The highest BCUT2D eigenvalue weighted by Crippen LogP contribution is 2.15. The molecule has 0 aliphatic carbocycles. The van der Waals surface area contributed by atoms with E-state index in [4.69, 9.17) is 4.74 Å². The number of benzene rings is 2. The molecular formula is C20H17NO4. The van der Waals surface area contributed by atoms with Crippen LogP contribution in [0.25, 0.3) is 0 Å². The summed E-state index contributed by atoms with van der Waals surface area (Å²) in [6, 6.07) is 20.2. The zero-order valence-electron chi connectivity index (χ0n) is 13.5. The minimum Gasteiger partial charge on any atom is -0.482 e. The van der Waals surface area contributed by atoms with Gasteiger partial charge in [0, 0.05) is 6.20 Å². The van der Waals surface area contributed by atoms with Gasteiger partial charge in [0.05, 0.1) is 6.54 Å². The quantitative estimate of drug-likeness (QED) is 0.751. The van der Waals surface area contributed by atoms with E-state index in [1.165, 1.54) is 16.8 Å². The van der Waals surface area contributed by atoms with E-state index in [9.17, 15) is 14.7 Å². The molecule has 0 unspecified atom stereocenters. The van der Waals surface area contributed by atoms with Gasteiger partial charge in [-0.3, -0.25) is 4.79 Å². The standard InChI is InChI=1S/C20H17NO4/c22-19-18(25-14-16-9-5-2-6-10-16)17(20(23)24)11-12-21(19)13-15-7-3-1-4-8-15/h1-12H,13-14H2,(H,23,24). The van der Waals surface area contributed by atoms with Gasteiger partial charge < -0.3 is 14.4 Å². The molecule has 1 aromatic heterocycles. The van der Waals surface area contributed by atoms with Crippen molar-refractivity contribution in [1.29, 1.82) is 0 Å². The van der Waals surface area contributed by atoms with Crippen molar-refractivity contribution in [3.63, 3.8) is 0 Å². The van der Waals surface area contributed by atoms with Gasteiger partial charge in [0.1, 0.15) is 12.2 Å². The maximum Gasteiger partial charge on any atom is 0.339 e. The molecule has 0 spiro atoms. The van der Waals surface area contributed by atoms with E-state index in [0.29, 0.717) is 6.54 Å². The van der Waals surface area contributed by atoms with Crippen LogP contribution in [0.2, 0.25) is 0 Å². The van der Waals surface area contributed by atoms with E-state index < -0.39 is 11.5 Å². The maximum atomic E-state index is 12.7. The SMILES string of the molecule is O=C(O)c1ccn(Cc2ccccc2)c(=O)c1OCc1ccccc1. The first-order valence-corrected chi connectivity index (χ1v) is 7.82. The van der Waals surface area contributed by atoms with Crippen LogP contribution in [0.3, 0.4) is 0 Å². The van der Waals surface area contributed by atoms with Crippen molar-refractivity contribution in [2.45, 2.75) is 13.2 Å². The summed E-state index contributed by atoms with van der Waals surface area (Å²) in [5.41, 5.74) is 1.21. The van der Waals surface area contributed by atoms with Crippen LogP contribution >= 0.6 is 0 Å². The number of pyridine rings is 1. The van der Waals surface area contributed by atoms with E-state index in [0.717, 1.165) is 11.1 Å². The first-order chi connectivity index (χ1) is 12.1. The number of ether oxygens (including phenoxy) is 1. The Labute approximate surface area is 144 Å². The molecule has 1 heterocycles. The third-order valence-electron chi connectivity index (χ3n) is 3.77. The number of aromatic carboxylic acids is 1. The average Bonchev–Trinajstić information content (AvgIpc) is 2.64. The third kappa shape index (κ3) is 3.95. The Morgan fingerprint density at radius 2 is 1.52 bits per heavy atom. The molecule has 0 aliphatic rings. The molecule has 0 atom stereocenters. The van der Waals surface area contributed by atoms with Gasteiger partial charge in [-0.1, -0.05) is 60.7 Å². The molecule has 0 fully saturated rings. The second kappa shape index (κ2) is 7.49. The van der Waals surface area contributed by atoms with Gasteiger partial charge in [-0.2, -0.15) is 0 Å². The van der Waals surface area contributed by atoms with E-state index in [2.05, 4.69) is 0 Å². The Bertz CT molecular complexity index is 917. The van der Waals surface area contributed by atoms with Crippen LogP contribution in [0.15, 0.2) is 77.7 Å². The fraction of sp³-hybridized carbons (Fsp3) is 0.100. The Morgan fingerprint density at radius 1 is 0.920 bits per heavy atom. The zero-order valence-corrected chi connectivity index (χ0v) is 13.5. The molecule has 0 aliphatic heterocycles. The van der Waals surface area contributed by atoms with Gasteiger partial charge in [0.25, 0.3) is 5.56 Å². The van der Waals surface area contributed by atoms with Crippen molar-refractivity contribution >= 4 is 5.97 Å². The molecule has 0 bridgehead atoms. The van der Waals surface area contributed by atoms with Crippen molar-refractivity contribution in [3.05, 3.63) is 100.0 Å². The largest absolute Gasteiger partial charge is 0.482 e. The highest BCUT2D eigenvalue weighted by molar-refractivity contribution is 5.90. The van der Waals surface area contributed by atoms with Crippen LogP contribution in [0.5, 0.6) is 5.75 Å². The number of carboxylic acid groups (broad SMARTS) is 1. The smallest absolute Gasteiger partial charge is 0.339 e. The fourth-order valence-corrected chi connectivity index (χ4v) is 2.50. The molecule has 1 N–H and O–H groups in total. The summed E-state index contributed by atoms with van der Waals surface area (Å²) < 4.78 is 7.03. The Hall–Kier alpha value is -3.34. The first-order valence-electron chi connectivity index (χ1n) is 7.82. The minimum atomic E-state index is -1.19. The third-order valence-corrected chi connectivity index (χ3v) is 3.77. The van der Waals surface area contributed by atoms with Gasteiger partial charge in [0.2, 0.25) is 0 Å². The van der Waals surface area contributed by atoms with Crippen LogP contribution in [0, 0.1) is 0 Å². The molecule has 5 heteroatoms. The summed E-state index contributed by atoms with van der Waals surface area (Å²) in [6.07, 6.45) is 1.48. The Balaban J connectivity index is 1.92. The topological polar surface area (TPSA) is 68.5 Å². The summed E-state index contributed by atoms with van der Waals surface area (Å²) in [6.45, 7) is 0.479. The molecule has 126 valence electrons. The number of carboxylic acids is 1. The fourth-order valence-electron chi connectivity index (χ4n) is 2.50. The lowest BCUT2D eigenvalue weighted by Crippen LogP contribution is -2.24. The van der Waals surface area contributed by atoms with Crippen molar-refractivity contribution in [3.8, 4) is 5.75 Å². The van der Waals surface area contributed by atoms with Crippen LogP contribution < -0.4 is 10.3 Å². The molecular weight excluding hydrogens is 318 g/mol. The molecule has 25 heavy (non-hydrogen) atoms. The highest BCUT2D eigenvalue weighted by atomic mass is 16.5. The van der Waals surface area contributed by atoms with Crippen molar-refractivity contribution in [2.75, 3.05) is 0 Å². The second-order valence-corrected chi connectivity index (χ2v) is 5.56.